The van der Waals surface area contributed by atoms with Crippen molar-refractivity contribution >= 4 is 17.3 Å². The third-order valence-electron chi connectivity index (χ3n) is 6.55. The van der Waals surface area contributed by atoms with Gasteiger partial charge in [0.15, 0.2) is 0 Å². The van der Waals surface area contributed by atoms with E-state index in [9.17, 15) is 4.79 Å². The first-order valence-corrected chi connectivity index (χ1v) is 11.9. The Bertz CT molecular complexity index is 886. The van der Waals surface area contributed by atoms with Crippen LogP contribution in [-0.4, -0.2) is 64.2 Å². The van der Waals surface area contributed by atoms with Crippen LogP contribution in [0.3, 0.4) is 0 Å². The van der Waals surface area contributed by atoms with Crippen molar-refractivity contribution in [2.75, 3.05) is 26.2 Å². The fourth-order valence-corrected chi connectivity index (χ4v) is 5.94. The number of ether oxygens (including phenoxy) is 1. The van der Waals surface area contributed by atoms with Crippen LogP contribution in [0.4, 0.5) is 0 Å². The molecule has 30 heavy (non-hydrogen) atoms. The largest absolute Gasteiger partial charge is 0.490 e. The number of likely N-dealkylation sites (tertiary alicyclic amines) is 1. The summed E-state index contributed by atoms with van der Waals surface area (Å²) >= 11 is 1.68. The number of benzene rings is 1. The Balaban J connectivity index is 1.16. The van der Waals surface area contributed by atoms with Crippen molar-refractivity contribution in [2.24, 2.45) is 0 Å². The van der Waals surface area contributed by atoms with Gasteiger partial charge in [-0.25, -0.2) is 4.98 Å². The monoisotopic (exact) mass is 427 g/mol. The number of piperidine rings is 1. The maximum absolute atomic E-state index is 11.0. The molecule has 2 fully saturated rings. The smallest absolute Gasteiger partial charge is 0.317 e. The van der Waals surface area contributed by atoms with Crippen LogP contribution in [0.5, 0.6) is 5.75 Å². The molecule has 1 aromatic carbocycles. The Labute approximate surface area is 181 Å². The molecule has 0 bridgehead atoms. The lowest BCUT2D eigenvalue weighted by Gasteiger charge is -2.44. The number of hydrogen-bond acceptors (Lipinski definition) is 6. The number of aliphatic carboxylic acids is 1. The maximum atomic E-state index is 11.0. The molecule has 0 spiro atoms. The van der Waals surface area contributed by atoms with Crippen LogP contribution in [0.15, 0.2) is 24.3 Å². The van der Waals surface area contributed by atoms with Gasteiger partial charge in [-0.2, -0.15) is 0 Å². The Morgan fingerprint density at radius 3 is 2.63 bits per heavy atom. The van der Waals surface area contributed by atoms with E-state index in [2.05, 4.69) is 29.2 Å². The zero-order chi connectivity index (χ0) is 20.5. The summed E-state index contributed by atoms with van der Waals surface area (Å²) in [6.07, 6.45) is 7.54. The van der Waals surface area contributed by atoms with Crippen LogP contribution in [0.25, 0.3) is 10.6 Å². The van der Waals surface area contributed by atoms with Gasteiger partial charge in [0, 0.05) is 48.8 Å². The van der Waals surface area contributed by atoms with Gasteiger partial charge in [-0.15, -0.1) is 11.3 Å². The van der Waals surface area contributed by atoms with Gasteiger partial charge in [0.1, 0.15) is 16.9 Å². The molecule has 2 aliphatic heterocycles. The Morgan fingerprint density at radius 2 is 1.90 bits per heavy atom. The van der Waals surface area contributed by atoms with Crippen LogP contribution in [-0.2, 0) is 17.8 Å². The van der Waals surface area contributed by atoms with E-state index in [4.69, 9.17) is 14.8 Å². The zero-order valence-corrected chi connectivity index (χ0v) is 18.1. The summed E-state index contributed by atoms with van der Waals surface area (Å²) in [4.78, 5) is 21.6. The van der Waals surface area contributed by atoms with Gasteiger partial charge in [0.05, 0.1) is 12.2 Å². The van der Waals surface area contributed by atoms with Gasteiger partial charge in [-0.1, -0.05) is 6.42 Å². The molecule has 3 aliphatic rings. The molecule has 0 radical (unpaired) electrons. The maximum Gasteiger partial charge on any atom is 0.317 e. The lowest BCUT2D eigenvalue weighted by molar-refractivity contribution is -0.138. The summed E-state index contributed by atoms with van der Waals surface area (Å²) < 4.78 is 6.19. The van der Waals surface area contributed by atoms with Crippen LogP contribution < -0.4 is 4.74 Å². The topological polar surface area (TPSA) is 65.9 Å². The first-order valence-electron chi connectivity index (χ1n) is 11.1. The van der Waals surface area contributed by atoms with Gasteiger partial charge < -0.3 is 14.7 Å². The molecule has 0 atom stereocenters. The highest BCUT2D eigenvalue weighted by Crippen LogP contribution is 2.34. The molecule has 1 saturated carbocycles. The average Bonchev–Trinajstić information content (AvgIpc) is 3.14. The van der Waals surface area contributed by atoms with Gasteiger partial charge in [-0.05, 0) is 50.2 Å². The SMILES string of the molecule is O=C(O)CN1CCc2nc(-c3ccc(OC4CC(N5CCCCC5)C4)cc3)sc2C1. The van der Waals surface area contributed by atoms with Gasteiger partial charge in [0.25, 0.3) is 0 Å². The molecule has 1 aromatic heterocycles. The van der Waals surface area contributed by atoms with Crippen LogP contribution in [0, 0.1) is 0 Å². The van der Waals surface area contributed by atoms with Gasteiger partial charge >= 0.3 is 5.97 Å². The summed E-state index contributed by atoms with van der Waals surface area (Å²) in [6.45, 7) is 4.06. The summed E-state index contributed by atoms with van der Waals surface area (Å²) in [5.41, 5.74) is 2.22. The molecule has 1 N–H and O–H groups in total. The van der Waals surface area contributed by atoms with E-state index >= 15 is 0 Å². The van der Waals surface area contributed by atoms with Crippen molar-refractivity contribution < 1.29 is 14.6 Å². The summed E-state index contributed by atoms with van der Waals surface area (Å²) in [7, 11) is 0. The highest BCUT2D eigenvalue weighted by atomic mass is 32.1. The molecule has 0 amide bonds. The molecule has 2 aromatic rings. The Kier molecular flexibility index (Phi) is 5.76. The minimum absolute atomic E-state index is 0.0957. The Morgan fingerprint density at radius 1 is 1.13 bits per heavy atom. The summed E-state index contributed by atoms with van der Waals surface area (Å²) in [6, 6.07) is 9.02. The first kappa shape index (κ1) is 20.0. The zero-order valence-electron chi connectivity index (χ0n) is 17.3. The van der Waals surface area contributed by atoms with E-state index in [1.165, 1.54) is 37.2 Å². The van der Waals surface area contributed by atoms with E-state index in [1.54, 1.807) is 11.3 Å². The van der Waals surface area contributed by atoms with E-state index in [-0.39, 0.29) is 6.54 Å². The molecule has 5 rings (SSSR count). The number of hydrogen-bond donors (Lipinski definition) is 1. The quantitative estimate of drug-likeness (QED) is 0.759. The average molecular weight is 428 g/mol. The molecule has 1 saturated heterocycles. The number of thiazole rings is 1. The highest BCUT2D eigenvalue weighted by molar-refractivity contribution is 7.15. The number of fused-ring (bicyclic) bond motifs is 1. The highest BCUT2D eigenvalue weighted by Gasteiger charge is 2.35. The van der Waals surface area contributed by atoms with E-state index in [0.717, 1.165) is 53.9 Å². The van der Waals surface area contributed by atoms with Crippen LogP contribution in [0.2, 0.25) is 0 Å². The van der Waals surface area contributed by atoms with Crippen LogP contribution in [0.1, 0.15) is 42.7 Å². The molecular weight excluding hydrogens is 398 g/mol. The summed E-state index contributed by atoms with van der Waals surface area (Å²) in [5.74, 6) is 0.169. The third kappa shape index (κ3) is 4.38. The number of nitrogens with zero attached hydrogens (tertiary/aromatic N) is 3. The van der Waals surface area contributed by atoms with Crippen molar-refractivity contribution in [1.29, 1.82) is 0 Å². The molecule has 7 heteroatoms. The standard InChI is InChI=1S/C23H29N3O3S/c27-22(28)15-25-11-8-20-21(14-25)30-23(24-20)16-4-6-18(7-5-16)29-19-12-17(13-19)26-9-2-1-3-10-26/h4-7,17,19H,1-3,8-15H2,(H,27,28). The third-order valence-corrected chi connectivity index (χ3v) is 7.68. The molecule has 3 heterocycles. The molecule has 160 valence electrons. The summed E-state index contributed by atoms with van der Waals surface area (Å²) in [5, 5.41) is 10.0. The number of aromatic nitrogens is 1. The van der Waals surface area contributed by atoms with Crippen molar-refractivity contribution in [2.45, 2.75) is 57.2 Å². The second-order valence-corrected chi connectivity index (χ2v) is 9.81. The number of carboxylic acid groups (broad SMARTS) is 1. The van der Waals surface area contributed by atoms with E-state index < -0.39 is 5.97 Å². The number of carbonyl (C=O) groups is 1. The van der Waals surface area contributed by atoms with Crippen molar-refractivity contribution in [3.63, 3.8) is 0 Å². The minimum atomic E-state index is -0.771. The predicted octanol–water partition coefficient (Wildman–Crippen LogP) is 3.65. The fourth-order valence-electron chi connectivity index (χ4n) is 4.78. The first-order chi connectivity index (χ1) is 14.6. The minimum Gasteiger partial charge on any atom is -0.490 e. The molecular formula is C23H29N3O3S. The van der Waals surface area contributed by atoms with Gasteiger partial charge in [-0.3, -0.25) is 9.69 Å². The lowest BCUT2D eigenvalue weighted by atomic mass is 9.86. The van der Waals surface area contributed by atoms with Crippen LogP contribution >= 0.6 is 11.3 Å². The normalized spacial score (nSPS) is 24.8. The van der Waals surface area contributed by atoms with E-state index in [1.807, 2.05) is 4.90 Å². The second kappa shape index (κ2) is 8.65. The van der Waals surface area contributed by atoms with Crippen molar-refractivity contribution in [3.8, 4) is 16.3 Å². The fraction of sp³-hybridized carbons (Fsp3) is 0.565. The van der Waals surface area contributed by atoms with Gasteiger partial charge in [0.2, 0.25) is 0 Å². The second-order valence-electron chi connectivity index (χ2n) is 8.73. The lowest BCUT2D eigenvalue weighted by Crippen LogP contribution is -2.50. The molecule has 0 unspecified atom stereocenters. The van der Waals surface area contributed by atoms with E-state index in [0.29, 0.717) is 12.6 Å². The van der Waals surface area contributed by atoms with Crippen molar-refractivity contribution in [3.05, 3.63) is 34.8 Å². The van der Waals surface area contributed by atoms with Crippen molar-refractivity contribution in [1.82, 2.24) is 14.8 Å². The number of carboxylic acids is 1. The molecule has 6 nitrogen and oxygen atoms in total. The Hall–Kier alpha value is -1.96. The number of rotatable bonds is 6. The molecule has 1 aliphatic carbocycles. The predicted molar refractivity (Wildman–Crippen MR) is 117 cm³/mol.